The molecule has 0 aliphatic carbocycles. The van der Waals surface area contributed by atoms with Crippen molar-refractivity contribution in [2.45, 2.75) is 52.5 Å². The Morgan fingerprint density at radius 1 is 1.35 bits per heavy atom. The second-order valence-electron chi connectivity index (χ2n) is 4.62. The average molecular weight is 258 g/mol. The zero-order chi connectivity index (χ0) is 12.8. The Labute approximate surface area is 110 Å². The standard InChI is InChI=1S/C13H24ClN3/c1-5-7-11(15-8-6-2)9-12-10(3)16-17(4)13(12)14/h11,15H,5-9H2,1-4H3. The molecular formula is C13H24ClN3. The Bertz CT molecular complexity index is 347. The third-order valence-electron chi connectivity index (χ3n) is 3.04. The first-order valence-corrected chi connectivity index (χ1v) is 6.89. The molecule has 0 aliphatic heterocycles. The summed E-state index contributed by atoms with van der Waals surface area (Å²) in [5.41, 5.74) is 2.24. The number of nitrogens with zero attached hydrogens (tertiary/aromatic N) is 2. The van der Waals surface area contributed by atoms with Crippen molar-refractivity contribution in [3.8, 4) is 0 Å². The van der Waals surface area contributed by atoms with Crippen LogP contribution in [-0.4, -0.2) is 22.4 Å². The molecule has 1 unspecified atom stereocenters. The molecule has 1 N–H and O–H groups in total. The Balaban J connectivity index is 2.70. The molecule has 0 saturated heterocycles. The van der Waals surface area contributed by atoms with Gasteiger partial charge in [-0.1, -0.05) is 31.9 Å². The highest BCUT2D eigenvalue weighted by molar-refractivity contribution is 6.30. The lowest BCUT2D eigenvalue weighted by Crippen LogP contribution is -2.31. The molecule has 0 fully saturated rings. The van der Waals surface area contributed by atoms with Crippen LogP contribution in [-0.2, 0) is 13.5 Å². The SMILES string of the molecule is CCCNC(CCC)Cc1c(C)nn(C)c1Cl. The van der Waals surface area contributed by atoms with Crippen LogP contribution < -0.4 is 5.32 Å². The van der Waals surface area contributed by atoms with E-state index in [0.717, 1.165) is 23.8 Å². The molecule has 1 aromatic rings. The maximum absolute atomic E-state index is 6.27. The number of nitrogens with one attached hydrogen (secondary N) is 1. The van der Waals surface area contributed by atoms with Crippen LogP contribution >= 0.6 is 11.6 Å². The fourth-order valence-electron chi connectivity index (χ4n) is 2.13. The van der Waals surface area contributed by atoms with Gasteiger partial charge >= 0.3 is 0 Å². The van der Waals surface area contributed by atoms with Crippen LogP contribution in [0.2, 0.25) is 5.15 Å². The van der Waals surface area contributed by atoms with E-state index in [1.807, 2.05) is 14.0 Å². The maximum atomic E-state index is 6.27. The molecule has 0 spiro atoms. The quantitative estimate of drug-likeness (QED) is 0.814. The maximum Gasteiger partial charge on any atom is 0.130 e. The smallest absolute Gasteiger partial charge is 0.130 e. The highest BCUT2D eigenvalue weighted by Crippen LogP contribution is 2.21. The van der Waals surface area contributed by atoms with Crippen molar-refractivity contribution >= 4 is 11.6 Å². The summed E-state index contributed by atoms with van der Waals surface area (Å²) < 4.78 is 1.76. The number of hydrogen-bond acceptors (Lipinski definition) is 2. The van der Waals surface area contributed by atoms with Crippen LogP contribution in [0.5, 0.6) is 0 Å². The predicted molar refractivity (Wildman–Crippen MR) is 73.6 cm³/mol. The fraction of sp³-hybridized carbons (Fsp3) is 0.769. The lowest BCUT2D eigenvalue weighted by molar-refractivity contribution is 0.472. The summed E-state index contributed by atoms with van der Waals surface area (Å²) in [5, 5.41) is 8.73. The van der Waals surface area contributed by atoms with Crippen LogP contribution in [0.4, 0.5) is 0 Å². The zero-order valence-corrected chi connectivity index (χ0v) is 12.1. The van der Waals surface area contributed by atoms with E-state index in [4.69, 9.17) is 11.6 Å². The average Bonchev–Trinajstić information content (AvgIpc) is 2.53. The largest absolute Gasteiger partial charge is 0.314 e. The van der Waals surface area contributed by atoms with Gasteiger partial charge in [0.25, 0.3) is 0 Å². The molecule has 0 aliphatic rings. The van der Waals surface area contributed by atoms with Gasteiger partial charge < -0.3 is 5.32 Å². The molecule has 17 heavy (non-hydrogen) atoms. The summed E-state index contributed by atoms with van der Waals surface area (Å²) in [6, 6.07) is 0.514. The van der Waals surface area contributed by atoms with Gasteiger partial charge in [0.05, 0.1) is 5.69 Å². The molecule has 1 heterocycles. The predicted octanol–water partition coefficient (Wildman–Crippen LogP) is 3.09. The first-order chi connectivity index (χ1) is 8.10. The first-order valence-electron chi connectivity index (χ1n) is 6.51. The second-order valence-corrected chi connectivity index (χ2v) is 4.98. The van der Waals surface area contributed by atoms with E-state index in [2.05, 4.69) is 24.3 Å². The van der Waals surface area contributed by atoms with Crippen LogP contribution in [0.25, 0.3) is 0 Å². The molecule has 3 nitrogen and oxygen atoms in total. The minimum absolute atomic E-state index is 0.514. The highest BCUT2D eigenvalue weighted by Gasteiger charge is 2.16. The molecule has 1 atom stereocenters. The summed E-state index contributed by atoms with van der Waals surface area (Å²) in [4.78, 5) is 0. The molecule has 0 radical (unpaired) electrons. The molecule has 0 bridgehead atoms. The molecule has 1 aromatic heterocycles. The lowest BCUT2D eigenvalue weighted by Gasteiger charge is -2.17. The third-order valence-corrected chi connectivity index (χ3v) is 3.51. The topological polar surface area (TPSA) is 29.9 Å². The molecular weight excluding hydrogens is 234 g/mol. The van der Waals surface area contributed by atoms with Gasteiger partial charge in [-0.05, 0) is 32.7 Å². The van der Waals surface area contributed by atoms with E-state index in [1.165, 1.54) is 24.8 Å². The van der Waals surface area contributed by atoms with Crippen molar-refractivity contribution < 1.29 is 0 Å². The van der Waals surface area contributed by atoms with Crippen molar-refractivity contribution in [3.63, 3.8) is 0 Å². The van der Waals surface area contributed by atoms with E-state index in [1.54, 1.807) is 4.68 Å². The first kappa shape index (κ1) is 14.5. The second kappa shape index (κ2) is 7.02. The molecule has 0 aromatic carbocycles. The molecule has 1 rings (SSSR count). The van der Waals surface area contributed by atoms with E-state index >= 15 is 0 Å². The number of rotatable bonds is 7. The number of hydrogen-bond donors (Lipinski definition) is 1. The van der Waals surface area contributed by atoms with Crippen molar-refractivity contribution in [2.75, 3.05) is 6.54 Å². The van der Waals surface area contributed by atoms with Gasteiger partial charge in [0, 0.05) is 18.7 Å². The van der Waals surface area contributed by atoms with Crippen molar-refractivity contribution in [1.29, 1.82) is 0 Å². The van der Waals surface area contributed by atoms with E-state index in [-0.39, 0.29) is 0 Å². The van der Waals surface area contributed by atoms with E-state index in [0.29, 0.717) is 6.04 Å². The third kappa shape index (κ3) is 4.00. The zero-order valence-electron chi connectivity index (χ0n) is 11.4. The Morgan fingerprint density at radius 3 is 2.53 bits per heavy atom. The van der Waals surface area contributed by atoms with Crippen LogP contribution in [0.3, 0.4) is 0 Å². The van der Waals surface area contributed by atoms with Crippen molar-refractivity contribution in [3.05, 3.63) is 16.4 Å². The summed E-state index contributed by atoms with van der Waals surface area (Å²) in [5.74, 6) is 0. The number of aryl methyl sites for hydroxylation is 2. The van der Waals surface area contributed by atoms with Crippen LogP contribution in [0.15, 0.2) is 0 Å². The van der Waals surface area contributed by atoms with Gasteiger partial charge in [-0.3, -0.25) is 4.68 Å². The Kier molecular flexibility index (Phi) is 6.00. The summed E-state index contributed by atoms with van der Waals surface area (Å²) in [7, 11) is 1.90. The Morgan fingerprint density at radius 2 is 2.06 bits per heavy atom. The van der Waals surface area contributed by atoms with Gasteiger partial charge in [0.2, 0.25) is 0 Å². The van der Waals surface area contributed by atoms with Crippen molar-refractivity contribution in [2.24, 2.45) is 7.05 Å². The van der Waals surface area contributed by atoms with Gasteiger partial charge in [-0.25, -0.2) is 0 Å². The monoisotopic (exact) mass is 257 g/mol. The normalized spacial score (nSPS) is 13.0. The molecule has 0 saturated carbocycles. The number of aromatic nitrogens is 2. The van der Waals surface area contributed by atoms with Crippen molar-refractivity contribution in [1.82, 2.24) is 15.1 Å². The highest BCUT2D eigenvalue weighted by atomic mass is 35.5. The Hall–Kier alpha value is -0.540. The molecule has 0 amide bonds. The van der Waals surface area contributed by atoms with Gasteiger partial charge in [-0.2, -0.15) is 5.10 Å². The summed E-state index contributed by atoms with van der Waals surface area (Å²) >= 11 is 6.27. The van der Waals surface area contributed by atoms with E-state index < -0.39 is 0 Å². The molecule has 4 heteroatoms. The minimum Gasteiger partial charge on any atom is -0.314 e. The van der Waals surface area contributed by atoms with E-state index in [9.17, 15) is 0 Å². The summed E-state index contributed by atoms with van der Waals surface area (Å²) in [6.45, 7) is 7.52. The lowest BCUT2D eigenvalue weighted by atomic mass is 10.0. The fourth-order valence-corrected chi connectivity index (χ4v) is 2.38. The van der Waals surface area contributed by atoms with Crippen LogP contribution in [0, 0.1) is 6.92 Å². The van der Waals surface area contributed by atoms with Crippen LogP contribution in [0.1, 0.15) is 44.4 Å². The number of halogens is 1. The minimum atomic E-state index is 0.514. The van der Waals surface area contributed by atoms with Gasteiger partial charge in [0.15, 0.2) is 0 Å². The van der Waals surface area contributed by atoms with Gasteiger partial charge in [-0.15, -0.1) is 0 Å². The molecule has 98 valence electrons. The van der Waals surface area contributed by atoms with Gasteiger partial charge in [0.1, 0.15) is 5.15 Å². The summed E-state index contributed by atoms with van der Waals surface area (Å²) in [6.07, 6.45) is 4.52.